The molecule has 1 aliphatic heterocycles. The van der Waals surface area contributed by atoms with Gasteiger partial charge in [0, 0.05) is 12.1 Å². The van der Waals surface area contributed by atoms with Gasteiger partial charge < -0.3 is 10.4 Å². The van der Waals surface area contributed by atoms with Crippen molar-refractivity contribution in [1.82, 2.24) is 5.32 Å². The number of hydrogen-bond acceptors (Lipinski definition) is 2. The van der Waals surface area contributed by atoms with E-state index in [1.165, 1.54) is 19.3 Å². The van der Waals surface area contributed by atoms with Crippen LogP contribution in [-0.2, 0) is 0 Å². The normalized spacial score (nSPS) is 34.2. The van der Waals surface area contributed by atoms with Gasteiger partial charge in [-0.15, -0.1) is 0 Å². The third-order valence-corrected chi connectivity index (χ3v) is 2.29. The molecule has 0 unspecified atom stereocenters. The van der Waals surface area contributed by atoms with Gasteiger partial charge in [0.25, 0.3) is 0 Å². The Kier molecular flexibility index (Phi) is 3.16. The van der Waals surface area contributed by atoms with Crippen LogP contribution in [0.2, 0.25) is 0 Å². The topological polar surface area (TPSA) is 32.3 Å². The second-order valence-corrected chi connectivity index (χ2v) is 3.08. The van der Waals surface area contributed by atoms with Crippen LogP contribution in [0.15, 0.2) is 0 Å². The summed E-state index contributed by atoms with van der Waals surface area (Å²) in [4.78, 5) is 0. The lowest BCUT2D eigenvalue weighted by Gasteiger charge is -2.28. The lowest BCUT2D eigenvalue weighted by molar-refractivity contribution is 0.196. The number of nitrogens with one attached hydrogen (secondary N) is 1. The molecule has 1 heterocycles. The van der Waals surface area contributed by atoms with Crippen LogP contribution in [0.25, 0.3) is 0 Å². The standard InChI is InChI=1S/C8H17NO/c1-2-7-4-3-5-8(6-10)9-7/h7-10H,2-6H2,1H3/t7-,8-/m1/s1. The predicted octanol–water partition coefficient (Wildman–Crippen LogP) is 0.899. The minimum absolute atomic E-state index is 0.302. The Balaban J connectivity index is 2.25. The van der Waals surface area contributed by atoms with Crippen LogP contribution in [0, 0.1) is 0 Å². The first-order valence-corrected chi connectivity index (χ1v) is 4.23. The van der Waals surface area contributed by atoms with Crippen molar-refractivity contribution in [2.45, 2.75) is 44.7 Å². The molecule has 2 N–H and O–H groups in total. The van der Waals surface area contributed by atoms with Crippen molar-refractivity contribution in [3.05, 3.63) is 0 Å². The summed E-state index contributed by atoms with van der Waals surface area (Å²) in [6, 6.07) is 1.03. The molecule has 0 aromatic carbocycles. The number of piperidine rings is 1. The number of hydrogen-bond donors (Lipinski definition) is 2. The molecule has 0 aromatic rings. The van der Waals surface area contributed by atoms with Gasteiger partial charge in [0.1, 0.15) is 0 Å². The summed E-state index contributed by atoms with van der Waals surface area (Å²) in [6.07, 6.45) is 4.90. The molecule has 1 aliphatic rings. The lowest BCUT2D eigenvalue weighted by Crippen LogP contribution is -2.43. The van der Waals surface area contributed by atoms with E-state index in [0.29, 0.717) is 18.7 Å². The maximum absolute atomic E-state index is 8.84. The molecule has 0 aromatic heterocycles. The van der Waals surface area contributed by atoms with E-state index in [-0.39, 0.29) is 0 Å². The zero-order chi connectivity index (χ0) is 7.40. The average molecular weight is 143 g/mol. The van der Waals surface area contributed by atoms with Gasteiger partial charge in [-0.25, -0.2) is 0 Å². The van der Waals surface area contributed by atoms with E-state index in [4.69, 9.17) is 5.11 Å². The Labute approximate surface area is 62.6 Å². The minimum Gasteiger partial charge on any atom is -0.395 e. The van der Waals surface area contributed by atoms with Gasteiger partial charge in [-0.1, -0.05) is 13.3 Å². The summed E-state index contributed by atoms with van der Waals surface area (Å²) < 4.78 is 0. The highest BCUT2D eigenvalue weighted by Crippen LogP contribution is 2.13. The first-order chi connectivity index (χ1) is 4.86. The van der Waals surface area contributed by atoms with Crippen molar-refractivity contribution in [2.75, 3.05) is 6.61 Å². The molecule has 0 saturated carbocycles. The van der Waals surface area contributed by atoms with Crippen LogP contribution in [0.1, 0.15) is 32.6 Å². The molecular weight excluding hydrogens is 126 g/mol. The summed E-state index contributed by atoms with van der Waals surface area (Å²) >= 11 is 0. The van der Waals surface area contributed by atoms with Gasteiger partial charge in [0.05, 0.1) is 6.61 Å². The molecule has 60 valence electrons. The SMILES string of the molecule is CC[C@@H]1CCC[C@H](CO)N1. The van der Waals surface area contributed by atoms with Crippen LogP contribution < -0.4 is 5.32 Å². The summed E-state index contributed by atoms with van der Waals surface area (Å²) in [6.45, 7) is 2.49. The molecule has 0 spiro atoms. The van der Waals surface area contributed by atoms with Gasteiger partial charge in [-0.2, -0.15) is 0 Å². The van der Waals surface area contributed by atoms with Crippen molar-refractivity contribution >= 4 is 0 Å². The fourth-order valence-electron chi connectivity index (χ4n) is 1.58. The number of rotatable bonds is 2. The Hall–Kier alpha value is -0.0800. The molecule has 2 heteroatoms. The third kappa shape index (κ3) is 1.96. The smallest absolute Gasteiger partial charge is 0.0584 e. The van der Waals surface area contributed by atoms with E-state index in [0.717, 1.165) is 6.42 Å². The maximum Gasteiger partial charge on any atom is 0.0584 e. The lowest BCUT2D eigenvalue weighted by atomic mass is 9.97. The van der Waals surface area contributed by atoms with Crippen LogP contribution in [0.5, 0.6) is 0 Å². The minimum atomic E-state index is 0.302. The summed E-state index contributed by atoms with van der Waals surface area (Å²) in [5, 5.41) is 12.2. The molecule has 1 fully saturated rings. The van der Waals surface area contributed by atoms with Crippen LogP contribution in [0.4, 0.5) is 0 Å². The van der Waals surface area contributed by atoms with E-state index in [1.54, 1.807) is 0 Å². The molecule has 1 saturated heterocycles. The van der Waals surface area contributed by atoms with Crippen molar-refractivity contribution < 1.29 is 5.11 Å². The van der Waals surface area contributed by atoms with E-state index >= 15 is 0 Å². The Bertz CT molecular complexity index is 85.3. The molecule has 0 radical (unpaired) electrons. The molecule has 0 aliphatic carbocycles. The molecule has 0 amide bonds. The van der Waals surface area contributed by atoms with E-state index in [9.17, 15) is 0 Å². The summed E-state index contributed by atoms with van der Waals surface area (Å²) in [5.74, 6) is 0. The van der Waals surface area contributed by atoms with E-state index in [2.05, 4.69) is 12.2 Å². The Morgan fingerprint density at radius 1 is 1.40 bits per heavy atom. The van der Waals surface area contributed by atoms with Crippen molar-refractivity contribution in [1.29, 1.82) is 0 Å². The molecule has 1 rings (SSSR count). The number of aliphatic hydroxyl groups excluding tert-OH is 1. The quantitative estimate of drug-likeness (QED) is 0.602. The highest BCUT2D eigenvalue weighted by atomic mass is 16.3. The third-order valence-electron chi connectivity index (χ3n) is 2.29. The molecular formula is C8H17NO. The highest BCUT2D eigenvalue weighted by Gasteiger charge is 2.17. The van der Waals surface area contributed by atoms with Gasteiger partial charge in [-0.05, 0) is 19.3 Å². The first kappa shape index (κ1) is 8.02. The monoisotopic (exact) mass is 143 g/mol. The largest absolute Gasteiger partial charge is 0.395 e. The van der Waals surface area contributed by atoms with Crippen molar-refractivity contribution in [3.63, 3.8) is 0 Å². The van der Waals surface area contributed by atoms with Crippen molar-refractivity contribution in [3.8, 4) is 0 Å². The number of aliphatic hydroxyl groups is 1. The molecule has 0 bridgehead atoms. The van der Waals surface area contributed by atoms with Gasteiger partial charge in [0.2, 0.25) is 0 Å². The second kappa shape index (κ2) is 3.94. The molecule has 10 heavy (non-hydrogen) atoms. The predicted molar refractivity (Wildman–Crippen MR) is 41.9 cm³/mol. The molecule has 2 nitrogen and oxygen atoms in total. The van der Waals surface area contributed by atoms with Crippen molar-refractivity contribution in [2.24, 2.45) is 0 Å². The van der Waals surface area contributed by atoms with Crippen LogP contribution in [0.3, 0.4) is 0 Å². The summed E-state index contributed by atoms with van der Waals surface area (Å²) in [5.41, 5.74) is 0. The zero-order valence-corrected chi connectivity index (χ0v) is 6.64. The highest BCUT2D eigenvalue weighted by molar-refractivity contribution is 4.78. The second-order valence-electron chi connectivity index (χ2n) is 3.08. The maximum atomic E-state index is 8.84. The van der Waals surface area contributed by atoms with E-state index < -0.39 is 0 Å². The van der Waals surface area contributed by atoms with E-state index in [1.807, 2.05) is 0 Å². The fraction of sp³-hybridized carbons (Fsp3) is 1.00. The summed E-state index contributed by atoms with van der Waals surface area (Å²) in [7, 11) is 0. The van der Waals surface area contributed by atoms with Gasteiger partial charge in [-0.3, -0.25) is 0 Å². The van der Waals surface area contributed by atoms with Crippen LogP contribution >= 0.6 is 0 Å². The Morgan fingerprint density at radius 2 is 2.10 bits per heavy atom. The molecule has 2 atom stereocenters. The first-order valence-electron chi connectivity index (χ1n) is 4.23. The van der Waals surface area contributed by atoms with Gasteiger partial charge >= 0.3 is 0 Å². The Morgan fingerprint density at radius 3 is 2.70 bits per heavy atom. The zero-order valence-electron chi connectivity index (χ0n) is 6.64. The van der Waals surface area contributed by atoms with Gasteiger partial charge in [0.15, 0.2) is 0 Å². The average Bonchev–Trinajstić information content (AvgIpc) is 2.05. The van der Waals surface area contributed by atoms with Crippen LogP contribution in [-0.4, -0.2) is 23.8 Å². The fourth-order valence-corrected chi connectivity index (χ4v) is 1.58.